The highest BCUT2D eigenvalue weighted by atomic mass is 16.6. The Bertz CT molecular complexity index is 888. The number of ether oxygens (including phenoxy) is 1. The summed E-state index contributed by atoms with van der Waals surface area (Å²) in [7, 11) is 0. The maximum atomic E-state index is 13.3. The molecule has 5 N–H and O–H groups in total. The van der Waals surface area contributed by atoms with Crippen molar-refractivity contribution in [2.45, 2.75) is 79.9 Å². The lowest BCUT2D eigenvalue weighted by molar-refractivity contribution is -0.181. The van der Waals surface area contributed by atoms with E-state index in [1.165, 1.54) is 12.1 Å². The fraction of sp³-hybridized carbons (Fsp3) is 0.654. The molecule has 0 bridgehead atoms. The highest BCUT2D eigenvalue weighted by Gasteiger charge is 2.61. The monoisotopic (exact) mass is 479 g/mol. The van der Waals surface area contributed by atoms with Gasteiger partial charge >= 0.3 is 17.9 Å². The quantitative estimate of drug-likeness (QED) is 0.322. The first-order chi connectivity index (χ1) is 15.1. The van der Waals surface area contributed by atoms with Crippen molar-refractivity contribution in [2.75, 3.05) is 0 Å². The minimum absolute atomic E-state index is 0.0485. The molecule has 0 aliphatic heterocycles. The predicted molar refractivity (Wildman–Crippen MR) is 129 cm³/mol. The van der Waals surface area contributed by atoms with Gasteiger partial charge in [0.05, 0.1) is 5.92 Å². The SMILES string of the molecule is CC(C)(C)OC(=O)C(N)(C(=O)O)C(C(C(Cc1ccc(O)cc1)C(=O)O)C(C)(C)C)C(C)(C)C. The van der Waals surface area contributed by atoms with Gasteiger partial charge < -0.3 is 25.8 Å². The second-order valence-electron chi connectivity index (χ2n) is 12.2. The Morgan fingerprint density at radius 2 is 1.35 bits per heavy atom. The van der Waals surface area contributed by atoms with Gasteiger partial charge in [0.1, 0.15) is 11.4 Å². The van der Waals surface area contributed by atoms with Gasteiger partial charge in [-0.15, -0.1) is 0 Å². The lowest BCUT2D eigenvalue weighted by Crippen LogP contribution is -2.68. The first-order valence-electron chi connectivity index (χ1n) is 11.4. The van der Waals surface area contributed by atoms with Gasteiger partial charge in [0.15, 0.2) is 0 Å². The normalized spacial score (nSPS) is 17.2. The number of hydrogen-bond donors (Lipinski definition) is 4. The summed E-state index contributed by atoms with van der Waals surface area (Å²) in [4.78, 5) is 38.6. The highest BCUT2D eigenvalue weighted by Crippen LogP contribution is 2.51. The van der Waals surface area contributed by atoms with E-state index in [0.29, 0.717) is 5.56 Å². The van der Waals surface area contributed by atoms with E-state index in [1.807, 2.05) is 20.8 Å². The van der Waals surface area contributed by atoms with Crippen LogP contribution in [0.25, 0.3) is 0 Å². The number of phenolic OH excluding ortho intramolecular Hbond substituents is 1. The number of rotatable bonds is 8. The number of esters is 1. The third kappa shape index (κ3) is 6.95. The van der Waals surface area contributed by atoms with Crippen LogP contribution in [0.4, 0.5) is 0 Å². The molecule has 0 amide bonds. The zero-order chi connectivity index (χ0) is 26.9. The van der Waals surface area contributed by atoms with Gasteiger partial charge in [-0.05, 0) is 61.6 Å². The van der Waals surface area contributed by atoms with E-state index in [9.17, 15) is 29.7 Å². The van der Waals surface area contributed by atoms with E-state index in [1.54, 1.807) is 53.7 Å². The van der Waals surface area contributed by atoms with Gasteiger partial charge in [-0.2, -0.15) is 0 Å². The third-order valence-electron chi connectivity index (χ3n) is 6.02. The van der Waals surface area contributed by atoms with Crippen LogP contribution in [0.1, 0.15) is 67.9 Å². The van der Waals surface area contributed by atoms with Gasteiger partial charge in [-0.3, -0.25) is 4.79 Å². The summed E-state index contributed by atoms with van der Waals surface area (Å²) in [5.74, 6) is -6.76. The lowest BCUT2D eigenvalue weighted by atomic mass is 9.53. The number of carbonyl (C=O) groups is 3. The molecule has 34 heavy (non-hydrogen) atoms. The number of aromatic hydroxyl groups is 1. The van der Waals surface area contributed by atoms with Crippen LogP contribution in [0, 0.1) is 28.6 Å². The van der Waals surface area contributed by atoms with E-state index < -0.39 is 57.6 Å². The highest BCUT2D eigenvalue weighted by molar-refractivity contribution is 6.04. The first-order valence-corrected chi connectivity index (χ1v) is 11.4. The van der Waals surface area contributed by atoms with E-state index in [4.69, 9.17) is 10.5 Å². The number of carbonyl (C=O) groups excluding carboxylic acids is 1. The summed E-state index contributed by atoms with van der Waals surface area (Å²) in [6, 6.07) is 6.18. The third-order valence-corrected chi connectivity index (χ3v) is 6.02. The molecule has 4 unspecified atom stereocenters. The molecule has 0 radical (unpaired) electrons. The van der Waals surface area contributed by atoms with Crippen LogP contribution < -0.4 is 5.73 Å². The molecule has 1 rings (SSSR count). The van der Waals surface area contributed by atoms with E-state index >= 15 is 0 Å². The Kier molecular flexibility index (Phi) is 8.60. The first kappa shape index (κ1) is 29.4. The van der Waals surface area contributed by atoms with Gasteiger partial charge in [0, 0.05) is 5.92 Å². The molecule has 8 heteroatoms. The maximum Gasteiger partial charge on any atom is 0.338 e. The Hall–Kier alpha value is -2.61. The van der Waals surface area contributed by atoms with Crippen molar-refractivity contribution in [3.8, 4) is 5.75 Å². The number of nitrogens with two attached hydrogens (primary N) is 1. The second kappa shape index (κ2) is 9.94. The standard InChI is InChI=1S/C26H41NO7/c1-23(2,3)18(17(20(29)30)14-15-10-12-16(28)13-11-15)19(24(4,5)6)26(27,21(31)32)22(33)34-25(7,8)9/h10-13,17-19,28H,14,27H2,1-9H3,(H,29,30)(H,31,32). The maximum absolute atomic E-state index is 13.3. The Labute approximate surface area is 202 Å². The summed E-state index contributed by atoms with van der Waals surface area (Å²) in [6.07, 6.45) is 0.0636. The zero-order valence-corrected chi connectivity index (χ0v) is 21.8. The minimum Gasteiger partial charge on any atom is -0.508 e. The molecule has 0 saturated heterocycles. The minimum atomic E-state index is -2.49. The van der Waals surface area contributed by atoms with Crippen molar-refractivity contribution < 1.29 is 34.4 Å². The van der Waals surface area contributed by atoms with Crippen molar-refractivity contribution >= 4 is 17.9 Å². The van der Waals surface area contributed by atoms with Crippen LogP contribution in [0.3, 0.4) is 0 Å². The van der Waals surface area contributed by atoms with E-state index in [-0.39, 0.29) is 12.2 Å². The molecule has 1 aromatic carbocycles. The van der Waals surface area contributed by atoms with Crippen LogP contribution in [-0.2, 0) is 25.5 Å². The predicted octanol–water partition coefficient (Wildman–Crippen LogP) is 4.08. The molecule has 0 saturated carbocycles. The van der Waals surface area contributed by atoms with Gasteiger partial charge in [-0.1, -0.05) is 53.7 Å². The molecule has 0 aliphatic carbocycles. The summed E-state index contributed by atoms with van der Waals surface area (Å²) in [5, 5.41) is 30.2. The summed E-state index contributed by atoms with van der Waals surface area (Å²) in [5.41, 5.74) is 2.01. The lowest BCUT2D eigenvalue weighted by Gasteiger charge is -2.51. The number of carboxylic acids is 2. The van der Waals surface area contributed by atoms with Gasteiger partial charge in [-0.25, -0.2) is 9.59 Å². The number of benzene rings is 1. The molecule has 0 heterocycles. The smallest absolute Gasteiger partial charge is 0.338 e. The number of hydrogen-bond acceptors (Lipinski definition) is 6. The largest absolute Gasteiger partial charge is 0.508 e. The number of aliphatic carboxylic acids is 2. The van der Waals surface area contributed by atoms with Crippen molar-refractivity contribution in [1.29, 1.82) is 0 Å². The molecule has 0 aromatic heterocycles. The molecule has 0 fully saturated rings. The van der Waals surface area contributed by atoms with Crippen molar-refractivity contribution in [3.05, 3.63) is 29.8 Å². The van der Waals surface area contributed by atoms with Gasteiger partial charge in [0.25, 0.3) is 0 Å². The van der Waals surface area contributed by atoms with Crippen LogP contribution in [0.15, 0.2) is 24.3 Å². The van der Waals surface area contributed by atoms with Crippen LogP contribution in [0.5, 0.6) is 5.75 Å². The molecule has 0 aliphatic rings. The molecular weight excluding hydrogens is 438 g/mol. The van der Waals surface area contributed by atoms with Gasteiger partial charge in [0.2, 0.25) is 5.54 Å². The molecule has 4 atom stereocenters. The topological polar surface area (TPSA) is 147 Å². The Morgan fingerprint density at radius 1 is 0.882 bits per heavy atom. The molecule has 192 valence electrons. The average molecular weight is 480 g/mol. The van der Waals surface area contributed by atoms with Crippen LogP contribution in [-0.4, -0.2) is 44.4 Å². The van der Waals surface area contributed by atoms with E-state index in [2.05, 4.69) is 0 Å². The molecular formula is C26H41NO7. The summed E-state index contributed by atoms with van der Waals surface area (Å²) < 4.78 is 5.45. The molecule has 1 aromatic rings. The molecule has 8 nitrogen and oxygen atoms in total. The average Bonchev–Trinajstić information content (AvgIpc) is 2.61. The van der Waals surface area contributed by atoms with E-state index in [0.717, 1.165) is 0 Å². The fourth-order valence-electron chi connectivity index (χ4n) is 4.80. The fourth-order valence-corrected chi connectivity index (χ4v) is 4.80. The zero-order valence-electron chi connectivity index (χ0n) is 21.8. The van der Waals surface area contributed by atoms with Crippen molar-refractivity contribution in [3.63, 3.8) is 0 Å². The molecule has 0 spiro atoms. The summed E-state index contributed by atoms with van der Waals surface area (Å²) in [6.45, 7) is 15.6. The Balaban J connectivity index is 3.83. The second-order valence-corrected chi connectivity index (χ2v) is 12.2. The van der Waals surface area contributed by atoms with Crippen molar-refractivity contribution in [2.24, 2.45) is 34.3 Å². The number of carboxylic acid groups (broad SMARTS) is 2. The summed E-state index contributed by atoms with van der Waals surface area (Å²) >= 11 is 0. The Morgan fingerprint density at radius 3 is 1.68 bits per heavy atom. The van der Waals surface area contributed by atoms with Crippen LogP contribution in [0.2, 0.25) is 0 Å². The number of phenols is 1. The van der Waals surface area contributed by atoms with Crippen LogP contribution >= 0.6 is 0 Å². The van der Waals surface area contributed by atoms with Crippen molar-refractivity contribution in [1.82, 2.24) is 0 Å².